The first-order chi connectivity index (χ1) is 8.22. The lowest BCUT2D eigenvalue weighted by Gasteiger charge is -2.40. The molecule has 3 aliphatic rings. The summed E-state index contributed by atoms with van der Waals surface area (Å²) in [5.74, 6) is 1.97. The molecule has 3 aliphatic heterocycles. The molecule has 2 nitrogen and oxygen atoms in total. The molecule has 0 spiro atoms. The van der Waals surface area contributed by atoms with Crippen molar-refractivity contribution in [2.75, 3.05) is 26.7 Å². The molecule has 3 heterocycles. The van der Waals surface area contributed by atoms with E-state index in [4.69, 9.17) is 0 Å². The SMILES string of the molecule is CC1CCN(CC2CC3CCC(C2)N3C)CC1. The highest BCUT2D eigenvalue weighted by atomic mass is 15.2. The summed E-state index contributed by atoms with van der Waals surface area (Å²) < 4.78 is 0. The quantitative estimate of drug-likeness (QED) is 0.727. The number of rotatable bonds is 2. The van der Waals surface area contributed by atoms with Crippen molar-refractivity contribution < 1.29 is 0 Å². The van der Waals surface area contributed by atoms with Gasteiger partial charge in [0.05, 0.1) is 0 Å². The Balaban J connectivity index is 1.50. The molecule has 3 rings (SSSR count). The second kappa shape index (κ2) is 4.89. The van der Waals surface area contributed by atoms with Crippen molar-refractivity contribution in [2.24, 2.45) is 11.8 Å². The van der Waals surface area contributed by atoms with E-state index in [1.54, 1.807) is 0 Å². The number of hydrogen-bond acceptors (Lipinski definition) is 2. The molecule has 0 aromatic carbocycles. The molecule has 0 aromatic rings. The molecule has 0 aliphatic carbocycles. The van der Waals surface area contributed by atoms with Crippen LogP contribution in [0.4, 0.5) is 0 Å². The lowest BCUT2D eigenvalue weighted by Crippen LogP contribution is -2.44. The standard InChI is InChI=1S/C15H28N2/c1-12-5-7-17(8-6-12)11-13-9-14-3-4-15(10-13)16(14)2/h12-15H,3-11H2,1-2H3. The van der Waals surface area contributed by atoms with Gasteiger partial charge in [-0.15, -0.1) is 0 Å². The number of hydrogen-bond donors (Lipinski definition) is 0. The maximum Gasteiger partial charge on any atom is 0.00988 e. The third-order valence-corrected chi connectivity index (χ3v) is 5.59. The van der Waals surface area contributed by atoms with Gasteiger partial charge in [0.1, 0.15) is 0 Å². The smallest absolute Gasteiger partial charge is 0.00988 e. The van der Waals surface area contributed by atoms with E-state index >= 15 is 0 Å². The van der Waals surface area contributed by atoms with Crippen molar-refractivity contribution in [2.45, 2.75) is 57.5 Å². The predicted octanol–water partition coefficient (Wildman–Crippen LogP) is 2.59. The molecule has 98 valence electrons. The van der Waals surface area contributed by atoms with Gasteiger partial charge in [-0.1, -0.05) is 6.92 Å². The Morgan fingerprint density at radius 1 is 0.941 bits per heavy atom. The molecule has 0 radical (unpaired) electrons. The Hall–Kier alpha value is -0.0800. The summed E-state index contributed by atoms with van der Waals surface area (Å²) in [4.78, 5) is 5.41. The molecule has 0 N–H and O–H groups in total. The average Bonchev–Trinajstić information content (AvgIpc) is 2.55. The van der Waals surface area contributed by atoms with Crippen LogP contribution in [-0.2, 0) is 0 Å². The second-order valence-corrected chi connectivity index (χ2v) is 6.87. The van der Waals surface area contributed by atoms with Gasteiger partial charge in [-0.25, -0.2) is 0 Å². The van der Waals surface area contributed by atoms with Crippen LogP contribution in [0.15, 0.2) is 0 Å². The van der Waals surface area contributed by atoms with Gasteiger partial charge < -0.3 is 9.80 Å². The zero-order valence-electron chi connectivity index (χ0n) is 11.6. The maximum atomic E-state index is 2.75. The van der Waals surface area contributed by atoms with E-state index in [9.17, 15) is 0 Å². The van der Waals surface area contributed by atoms with Crippen LogP contribution in [0.5, 0.6) is 0 Å². The highest BCUT2D eigenvalue weighted by molar-refractivity contribution is 4.94. The fourth-order valence-corrected chi connectivity index (χ4v) is 4.28. The van der Waals surface area contributed by atoms with Gasteiger partial charge in [-0.3, -0.25) is 0 Å². The minimum absolute atomic E-state index is 0.919. The molecule has 3 saturated heterocycles. The summed E-state index contributed by atoms with van der Waals surface area (Å²) in [6.45, 7) is 6.53. The van der Waals surface area contributed by atoms with Gasteiger partial charge in [-0.05, 0) is 70.5 Å². The van der Waals surface area contributed by atoms with E-state index in [0.29, 0.717) is 0 Å². The van der Waals surface area contributed by atoms with Crippen molar-refractivity contribution in [3.05, 3.63) is 0 Å². The summed E-state index contributed by atoms with van der Waals surface area (Å²) in [5.41, 5.74) is 0. The zero-order chi connectivity index (χ0) is 11.8. The summed E-state index contributed by atoms with van der Waals surface area (Å²) in [7, 11) is 2.35. The molecule has 2 unspecified atom stereocenters. The van der Waals surface area contributed by atoms with E-state index < -0.39 is 0 Å². The van der Waals surface area contributed by atoms with Crippen LogP contribution in [-0.4, -0.2) is 48.6 Å². The second-order valence-electron chi connectivity index (χ2n) is 6.87. The summed E-state index contributed by atoms with van der Waals surface area (Å²) in [6, 6.07) is 1.84. The van der Waals surface area contributed by atoms with Crippen molar-refractivity contribution in [1.29, 1.82) is 0 Å². The van der Waals surface area contributed by atoms with Gasteiger partial charge in [0, 0.05) is 18.6 Å². The number of fused-ring (bicyclic) bond motifs is 2. The molecule has 2 heteroatoms. The first kappa shape index (κ1) is 12.0. The summed E-state index contributed by atoms with van der Waals surface area (Å²) >= 11 is 0. The van der Waals surface area contributed by atoms with Gasteiger partial charge in [0.2, 0.25) is 0 Å². The average molecular weight is 236 g/mol. The van der Waals surface area contributed by atoms with Gasteiger partial charge in [-0.2, -0.15) is 0 Å². The summed E-state index contributed by atoms with van der Waals surface area (Å²) in [5, 5.41) is 0. The third-order valence-electron chi connectivity index (χ3n) is 5.59. The van der Waals surface area contributed by atoms with Gasteiger partial charge in [0.15, 0.2) is 0 Å². The maximum absolute atomic E-state index is 2.75. The van der Waals surface area contributed by atoms with Crippen LogP contribution in [0.2, 0.25) is 0 Å². The van der Waals surface area contributed by atoms with E-state index in [1.807, 2.05) is 0 Å². The first-order valence-corrected chi connectivity index (χ1v) is 7.66. The molecule has 2 bridgehead atoms. The van der Waals surface area contributed by atoms with Gasteiger partial charge >= 0.3 is 0 Å². The first-order valence-electron chi connectivity index (χ1n) is 7.66. The highest BCUT2D eigenvalue weighted by Crippen LogP contribution is 2.37. The lowest BCUT2D eigenvalue weighted by molar-refractivity contribution is 0.0919. The predicted molar refractivity (Wildman–Crippen MR) is 72.1 cm³/mol. The molecule has 0 aromatic heterocycles. The van der Waals surface area contributed by atoms with E-state index in [2.05, 4.69) is 23.8 Å². The van der Waals surface area contributed by atoms with E-state index in [-0.39, 0.29) is 0 Å². The van der Waals surface area contributed by atoms with Crippen LogP contribution in [0, 0.1) is 11.8 Å². The normalized spacial score (nSPS) is 40.9. The van der Waals surface area contributed by atoms with Crippen LogP contribution in [0.25, 0.3) is 0 Å². The summed E-state index contributed by atoms with van der Waals surface area (Å²) in [6.07, 6.45) is 8.74. The molecule has 17 heavy (non-hydrogen) atoms. The van der Waals surface area contributed by atoms with Crippen LogP contribution >= 0.6 is 0 Å². The largest absolute Gasteiger partial charge is 0.303 e. The van der Waals surface area contributed by atoms with Crippen LogP contribution in [0.1, 0.15) is 45.4 Å². The molecule has 0 amide bonds. The lowest BCUT2D eigenvalue weighted by atomic mass is 9.89. The molecular weight excluding hydrogens is 208 g/mol. The topological polar surface area (TPSA) is 6.48 Å². The Morgan fingerprint density at radius 2 is 1.53 bits per heavy atom. The fraction of sp³-hybridized carbons (Fsp3) is 1.00. The van der Waals surface area contributed by atoms with Crippen molar-refractivity contribution in [3.8, 4) is 0 Å². The van der Waals surface area contributed by atoms with Crippen molar-refractivity contribution in [1.82, 2.24) is 9.80 Å². The van der Waals surface area contributed by atoms with Crippen LogP contribution in [0.3, 0.4) is 0 Å². The molecule has 3 fully saturated rings. The monoisotopic (exact) mass is 236 g/mol. The Labute approximate surface area is 106 Å². The number of piperidine rings is 2. The minimum atomic E-state index is 0.919. The van der Waals surface area contributed by atoms with E-state index in [1.165, 1.54) is 58.2 Å². The van der Waals surface area contributed by atoms with Gasteiger partial charge in [0.25, 0.3) is 0 Å². The highest BCUT2D eigenvalue weighted by Gasteiger charge is 2.38. The number of likely N-dealkylation sites (tertiary alicyclic amines) is 1. The van der Waals surface area contributed by atoms with Crippen LogP contribution < -0.4 is 0 Å². The Morgan fingerprint density at radius 3 is 2.12 bits per heavy atom. The molecular formula is C15H28N2. The Kier molecular flexibility index (Phi) is 3.45. The number of nitrogens with zero attached hydrogens (tertiary/aromatic N) is 2. The van der Waals surface area contributed by atoms with Crippen molar-refractivity contribution >= 4 is 0 Å². The Bertz CT molecular complexity index is 244. The third kappa shape index (κ3) is 2.53. The van der Waals surface area contributed by atoms with Crippen molar-refractivity contribution in [3.63, 3.8) is 0 Å². The van der Waals surface area contributed by atoms with E-state index in [0.717, 1.165) is 23.9 Å². The molecule has 0 saturated carbocycles. The molecule has 2 atom stereocenters. The fourth-order valence-electron chi connectivity index (χ4n) is 4.28. The minimum Gasteiger partial charge on any atom is -0.303 e. The zero-order valence-corrected chi connectivity index (χ0v) is 11.6.